The first-order valence-corrected chi connectivity index (χ1v) is 18.8. The number of hydrogen-bond acceptors (Lipinski definition) is 6. The number of para-hydroxylation sites is 2. The van der Waals surface area contributed by atoms with Crippen molar-refractivity contribution in [2.75, 3.05) is 0 Å². The molecule has 11 rings (SSSR count). The molecule has 0 radical (unpaired) electrons. The van der Waals surface area contributed by atoms with Crippen LogP contribution in [0.2, 0.25) is 0 Å². The van der Waals surface area contributed by atoms with Gasteiger partial charge < -0.3 is 9.73 Å². The van der Waals surface area contributed by atoms with E-state index in [1.807, 2.05) is 28.7 Å². The summed E-state index contributed by atoms with van der Waals surface area (Å²) in [5, 5.41) is 14.9. The molecule has 2 N–H and O–H groups in total. The second-order valence-electron chi connectivity index (χ2n) is 13.2. The van der Waals surface area contributed by atoms with Crippen molar-refractivity contribution in [1.29, 1.82) is 0 Å². The molecule has 0 aliphatic carbocycles. The van der Waals surface area contributed by atoms with Crippen molar-refractivity contribution in [2.45, 2.75) is 12.3 Å². The van der Waals surface area contributed by atoms with Crippen LogP contribution in [0.5, 0.6) is 0 Å². The number of hydrogen-bond donors (Lipinski definition) is 2. The molecule has 0 saturated carbocycles. The van der Waals surface area contributed by atoms with E-state index in [2.05, 4.69) is 156 Å². The maximum atomic E-state index is 6.52. The van der Waals surface area contributed by atoms with Gasteiger partial charge in [-0.2, -0.15) is 0 Å². The van der Waals surface area contributed by atoms with Gasteiger partial charge in [0, 0.05) is 62.2 Å². The SMILES string of the molecule is c1ccc(C2NC(c3ccc4sc5ccccc5c4c3)=NC(c3ccc4sc5cccc(-c6cccc7c6oc6ccccc67)c5c4c3)N2)cc1. The molecule has 0 amide bonds. The molecule has 6 heteroatoms. The molecule has 2 atom stereocenters. The van der Waals surface area contributed by atoms with E-state index < -0.39 is 0 Å². The smallest absolute Gasteiger partial charge is 0.143 e. The third kappa shape index (κ3) is 4.65. The number of rotatable bonds is 4. The number of amidine groups is 1. The van der Waals surface area contributed by atoms with Crippen LogP contribution in [0.3, 0.4) is 0 Å². The van der Waals surface area contributed by atoms with Crippen molar-refractivity contribution in [3.8, 4) is 11.1 Å². The lowest BCUT2D eigenvalue weighted by Crippen LogP contribution is -2.44. The van der Waals surface area contributed by atoms with Gasteiger partial charge in [0.15, 0.2) is 0 Å². The average molecular weight is 692 g/mol. The van der Waals surface area contributed by atoms with E-state index >= 15 is 0 Å². The Morgan fingerprint density at radius 2 is 1.22 bits per heavy atom. The second-order valence-corrected chi connectivity index (χ2v) is 15.3. The quantitative estimate of drug-likeness (QED) is 0.193. The van der Waals surface area contributed by atoms with Gasteiger partial charge >= 0.3 is 0 Å². The van der Waals surface area contributed by atoms with Gasteiger partial charge in [0.05, 0.1) is 0 Å². The minimum Gasteiger partial charge on any atom is -0.455 e. The van der Waals surface area contributed by atoms with Gasteiger partial charge in [0.2, 0.25) is 0 Å². The number of nitrogens with zero attached hydrogens (tertiary/aromatic N) is 1. The van der Waals surface area contributed by atoms with Crippen LogP contribution in [0.25, 0.3) is 73.4 Å². The van der Waals surface area contributed by atoms with Crippen LogP contribution in [0.4, 0.5) is 0 Å². The standard InChI is InChI=1S/C45H29N3OS2/c1-2-10-26(11-3-1)43-46-44(27-20-22-38-34(24-27)30-13-5-7-18-37(30)50-38)48-45(47-43)28-21-23-39-35(25-28)41-31(14-9-19-40(41)51-39)33-16-8-15-32-29-12-4-6-17-36(29)49-42(32)33/h1-25,43,45,47H,(H,46,48). The lowest BCUT2D eigenvalue weighted by atomic mass is 9.96. The van der Waals surface area contributed by atoms with Crippen molar-refractivity contribution in [1.82, 2.24) is 10.6 Å². The molecule has 1 aliphatic rings. The summed E-state index contributed by atoms with van der Waals surface area (Å²) in [6.07, 6.45) is -0.374. The lowest BCUT2D eigenvalue weighted by molar-refractivity contribution is 0.409. The van der Waals surface area contributed by atoms with E-state index in [-0.39, 0.29) is 12.3 Å². The Hall–Kier alpha value is -5.79. The van der Waals surface area contributed by atoms with Crippen LogP contribution in [0.1, 0.15) is 29.0 Å². The van der Waals surface area contributed by atoms with Crippen LogP contribution in [-0.2, 0) is 0 Å². The van der Waals surface area contributed by atoms with E-state index in [1.165, 1.54) is 51.5 Å². The molecule has 4 nitrogen and oxygen atoms in total. The molecule has 0 fully saturated rings. The van der Waals surface area contributed by atoms with Crippen molar-refractivity contribution in [2.24, 2.45) is 4.99 Å². The minimum absolute atomic E-state index is 0.116. The molecule has 10 aromatic rings. The fraction of sp³-hybridized carbons (Fsp3) is 0.0444. The Bertz CT molecular complexity index is 3010. The van der Waals surface area contributed by atoms with Gasteiger partial charge in [-0.05, 0) is 65.2 Å². The predicted octanol–water partition coefficient (Wildman–Crippen LogP) is 12.3. The molecule has 0 spiro atoms. The van der Waals surface area contributed by atoms with Crippen LogP contribution in [0.15, 0.2) is 161 Å². The van der Waals surface area contributed by atoms with Crippen LogP contribution in [0, 0.1) is 0 Å². The summed E-state index contributed by atoms with van der Waals surface area (Å²) in [5.41, 5.74) is 7.51. The number of aliphatic imine (C=N–C) groups is 1. The number of fused-ring (bicyclic) bond motifs is 9. The highest BCUT2D eigenvalue weighted by Gasteiger charge is 2.26. The number of benzene rings is 7. The summed E-state index contributed by atoms with van der Waals surface area (Å²) in [5.74, 6) is 0.886. The number of thiophene rings is 2. The van der Waals surface area contributed by atoms with Crippen molar-refractivity contribution >= 4 is 90.8 Å². The molecule has 0 bridgehead atoms. The van der Waals surface area contributed by atoms with Crippen LogP contribution in [-0.4, -0.2) is 5.84 Å². The lowest BCUT2D eigenvalue weighted by Gasteiger charge is -2.32. The normalized spacial score (nSPS) is 16.4. The fourth-order valence-corrected chi connectivity index (χ4v) is 9.96. The molecule has 4 heterocycles. The topological polar surface area (TPSA) is 49.6 Å². The zero-order chi connectivity index (χ0) is 33.5. The highest BCUT2D eigenvalue weighted by Crippen LogP contribution is 2.44. The van der Waals surface area contributed by atoms with Gasteiger partial charge in [0.1, 0.15) is 29.3 Å². The molecule has 7 aromatic carbocycles. The molecular weight excluding hydrogens is 663 g/mol. The largest absolute Gasteiger partial charge is 0.455 e. The minimum atomic E-state index is -0.258. The summed E-state index contributed by atoms with van der Waals surface area (Å²) >= 11 is 3.67. The third-order valence-corrected chi connectivity index (χ3v) is 12.5. The van der Waals surface area contributed by atoms with Gasteiger partial charge in [-0.3, -0.25) is 5.32 Å². The Labute approximate surface area is 301 Å². The molecular formula is C45H29N3OS2. The first-order valence-electron chi connectivity index (χ1n) is 17.2. The maximum Gasteiger partial charge on any atom is 0.143 e. The molecule has 0 saturated heterocycles. The van der Waals surface area contributed by atoms with Gasteiger partial charge in [-0.15, -0.1) is 22.7 Å². The third-order valence-electron chi connectivity index (χ3n) is 10.2. The summed E-state index contributed by atoms with van der Waals surface area (Å²) in [4.78, 5) is 5.37. The first kappa shape index (κ1) is 29.0. The van der Waals surface area contributed by atoms with Crippen molar-refractivity contribution < 1.29 is 4.42 Å². The fourth-order valence-electron chi connectivity index (χ4n) is 7.77. The zero-order valence-electron chi connectivity index (χ0n) is 27.3. The second kappa shape index (κ2) is 11.4. The molecule has 2 unspecified atom stereocenters. The van der Waals surface area contributed by atoms with Crippen molar-refractivity contribution in [3.63, 3.8) is 0 Å². The zero-order valence-corrected chi connectivity index (χ0v) is 28.9. The Morgan fingerprint density at radius 1 is 0.510 bits per heavy atom. The summed E-state index contributed by atoms with van der Waals surface area (Å²) in [6, 6.07) is 54.3. The van der Waals surface area contributed by atoms with E-state index in [0.717, 1.165) is 44.5 Å². The highest BCUT2D eigenvalue weighted by molar-refractivity contribution is 7.26. The average Bonchev–Trinajstić information content (AvgIpc) is 3.89. The Balaban J connectivity index is 1.08. The molecule has 242 valence electrons. The molecule has 51 heavy (non-hydrogen) atoms. The Kier molecular flexibility index (Phi) is 6.46. The monoisotopic (exact) mass is 691 g/mol. The first-order chi connectivity index (χ1) is 25.2. The van der Waals surface area contributed by atoms with E-state index in [4.69, 9.17) is 9.41 Å². The van der Waals surface area contributed by atoms with Crippen LogP contribution >= 0.6 is 22.7 Å². The van der Waals surface area contributed by atoms with Gasteiger partial charge in [-0.25, -0.2) is 4.99 Å². The highest BCUT2D eigenvalue weighted by atomic mass is 32.1. The van der Waals surface area contributed by atoms with Crippen molar-refractivity contribution in [3.05, 3.63) is 168 Å². The Morgan fingerprint density at radius 3 is 2.16 bits per heavy atom. The summed E-state index contributed by atoms with van der Waals surface area (Å²) in [6.45, 7) is 0. The molecule has 1 aliphatic heterocycles. The van der Waals surface area contributed by atoms with Gasteiger partial charge in [0.25, 0.3) is 0 Å². The molecule has 3 aromatic heterocycles. The summed E-state index contributed by atoms with van der Waals surface area (Å²) in [7, 11) is 0. The number of furan rings is 1. The summed E-state index contributed by atoms with van der Waals surface area (Å²) < 4.78 is 11.6. The van der Waals surface area contributed by atoms with Crippen LogP contribution < -0.4 is 10.6 Å². The van der Waals surface area contributed by atoms with E-state index in [1.54, 1.807) is 0 Å². The maximum absolute atomic E-state index is 6.52. The number of nitrogens with one attached hydrogen (secondary N) is 2. The predicted molar refractivity (Wildman–Crippen MR) is 216 cm³/mol. The van der Waals surface area contributed by atoms with Gasteiger partial charge in [-0.1, -0.05) is 103 Å². The van der Waals surface area contributed by atoms with E-state index in [9.17, 15) is 0 Å². The van der Waals surface area contributed by atoms with E-state index in [0.29, 0.717) is 0 Å².